The molecule has 2 aliphatic heterocycles. The van der Waals surface area contributed by atoms with Gasteiger partial charge < -0.3 is 26.0 Å². The molecule has 1 unspecified atom stereocenters. The molecule has 2 aliphatic rings. The fourth-order valence-corrected chi connectivity index (χ4v) is 6.32. The monoisotopic (exact) mass is 566 g/mol. The largest absolute Gasteiger partial charge is 0.489 e. The molecule has 11 nitrogen and oxygen atoms in total. The summed E-state index contributed by atoms with van der Waals surface area (Å²) in [6.07, 6.45) is 1.49. The number of ether oxygens (including phenoxy) is 1. The summed E-state index contributed by atoms with van der Waals surface area (Å²) in [5, 5.41) is 23.9. The van der Waals surface area contributed by atoms with Crippen LogP contribution in [0.15, 0.2) is 46.3 Å². The second-order valence-corrected chi connectivity index (χ2v) is 13.3. The Balaban J connectivity index is 1.48. The zero-order valence-electron chi connectivity index (χ0n) is 23.6. The molecule has 0 amide bonds. The highest BCUT2D eigenvalue weighted by atomic mass is 32.2. The fourth-order valence-electron chi connectivity index (χ4n) is 5.11. The first-order valence-corrected chi connectivity index (χ1v) is 15.3. The van der Waals surface area contributed by atoms with E-state index in [9.17, 15) is 8.42 Å². The number of hydrogen-bond donors (Lipinski definition) is 5. The highest BCUT2D eigenvalue weighted by Gasteiger charge is 2.29. The predicted octanol–water partition coefficient (Wildman–Crippen LogP) is 4.55. The first-order valence-electron chi connectivity index (χ1n) is 13.8. The maximum atomic E-state index is 13.0. The molecule has 0 saturated carbocycles. The van der Waals surface area contributed by atoms with Gasteiger partial charge in [-0.1, -0.05) is 12.1 Å². The average Bonchev–Trinajstić information content (AvgIpc) is 3.40. The van der Waals surface area contributed by atoms with Crippen LogP contribution in [0, 0.1) is 6.92 Å². The highest BCUT2D eigenvalue weighted by molar-refractivity contribution is 7.92. The minimum Gasteiger partial charge on any atom is -0.489 e. The van der Waals surface area contributed by atoms with Gasteiger partial charge in [-0.25, -0.2) is 13.4 Å². The minimum absolute atomic E-state index is 0.0126. The number of hydrogen-bond acceptors (Lipinski definition) is 10. The number of fused-ring (bicyclic) bond motifs is 1. The van der Waals surface area contributed by atoms with Crippen LogP contribution in [0.25, 0.3) is 0 Å². The summed E-state index contributed by atoms with van der Waals surface area (Å²) in [5.74, 6) is 2.17. The van der Waals surface area contributed by atoms with Crippen molar-refractivity contribution in [3.63, 3.8) is 0 Å². The number of nitrogens with zero attached hydrogens (tertiary/aromatic N) is 3. The van der Waals surface area contributed by atoms with Crippen molar-refractivity contribution >= 4 is 33.0 Å². The Bertz CT molecular complexity index is 1490. The Labute approximate surface area is 235 Å². The topological polar surface area (TPSA) is 145 Å². The van der Waals surface area contributed by atoms with E-state index >= 15 is 0 Å². The Morgan fingerprint density at radius 3 is 2.50 bits per heavy atom. The third kappa shape index (κ3) is 5.78. The van der Waals surface area contributed by atoms with Crippen LogP contribution in [0.3, 0.4) is 0 Å². The molecule has 0 aliphatic carbocycles. The number of anilines is 3. The lowest BCUT2D eigenvalue weighted by atomic mass is 9.87. The summed E-state index contributed by atoms with van der Waals surface area (Å²) in [5.41, 5.74) is 4.25. The van der Waals surface area contributed by atoms with E-state index in [0.717, 1.165) is 37.4 Å². The zero-order chi connectivity index (χ0) is 28.4. The van der Waals surface area contributed by atoms with E-state index in [1.165, 1.54) is 11.1 Å². The molecule has 1 saturated heterocycles. The Hall–Kier alpha value is -3.64. The Kier molecular flexibility index (Phi) is 7.99. The van der Waals surface area contributed by atoms with Gasteiger partial charge in [0, 0.05) is 0 Å². The van der Waals surface area contributed by atoms with Gasteiger partial charge in [0.1, 0.15) is 5.75 Å². The molecule has 1 fully saturated rings. The number of H-pyrrole nitrogens is 1. The number of sulfone groups is 1. The van der Waals surface area contributed by atoms with E-state index in [1.54, 1.807) is 38.1 Å². The number of para-hydroxylation sites is 1. The molecule has 5 rings (SSSR count). The van der Waals surface area contributed by atoms with Crippen LogP contribution >= 0.6 is 0 Å². The molecular weight excluding hydrogens is 528 g/mol. The first-order chi connectivity index (χ1) is 19.1. The number of aryl methyl sites for hydroxylation is 1. The van der Waals surface area contributed by atoms with Crippen molar-refractivity contribution in [2.45, 2.75) is 75.8 Å². The van der Waals surface area contributed by atoms with Gasteiger partial charge in [-0.05, 0) is 102 Å². The van der Waals surface area contributed by atoms with Gasteiger partial charge >= 0.3 is 0 Å². The fraction of sp³-hybridized carbons (Fsp3) is 0.464. The minimum atomic E-state index is -3.53. The van der Waals surface area contributed by atoms with E-state index in [-0.39, 0.29) is 11.0 Å². The Morgan fingerprint density at radius 1 is 1.02 bits per heavy atom. The molecule has 0 bridgehead atoms. The number of aromatic amines is 1. The number of guanidine groups is 1. The van der Waals surface area contributed by atoms with Crippen LogP contribution in [0.4, 0.5) is 17.2 Å². The van der Waals surface area contributed by atoms with Gasteiger partial charge in [0.05, 0.1) is 27.6 Å². The van der Waals surface area contributed by atoms with Gasteiger partial charge in [-0.15, -0.1) is 5.10 Å². The molecule has 0 spiro atoms. The van der Waals surface area contributed by atoms with E-state index in [1.807, 2.05) is 13.8 Å². The van der Waals surface area contributed by atoms with Crippen molar-refractivity contribution in [3.8, 4) is 5.75 Å². The summed E-state index contributed by atoms with van der Waals surface area (Å²) in [7, 11) is -3.53. The quantitative estimate of drug-likeness (QED) is 0.265. The highest BCUT2D eigenvalue weighted by Crippen LogP contribution is 2.37. The number of rotatable bonds is 8. The van der Waals surface area contributed by atoms with Crippen molar-refractivity contribution < 1.29 is 13.2 Å². The van der Waals surface area contributed by atoms with Crippen molar-refractivity contribution in [1.29, 1.82) is 0 Å². The van der Waals surface area contributed by atoms with Crippen molar-refractivity contribution in [3.05, 3.63) is 53.2 Å². The summed E-state index contributed by atoms with van der Waals surface area (Å²) in [6, 6.07) is 11.1. The number of aromatic nitrogens is 3. The first kappa shape index (κ1) is 27.9. The van der Waals surface area contributed by atoms with Crippen LogP contribution in [-0.2, 0) is 9.84 Å². The summed E-state index contributed by atoms with van der Waals surface area (Å²) >= 11 is 0. The predicted molar refractivity (Wildman–Crippen MR) is 158 cm³/mol. The van der Waals surface area contributed by atoms with E-state index in [0.29, 0.717) is 29.1 Å². The molecule has 3 heterocycles. The maximum Gasteiger partial charge on any atom is 0.204 e. The standard InChI is InChI=1S/C28H38N8O3S/c1-16(2)39-23-15-20(19-10-12-29-13-11-19)18(5)14-22(23)31-28-32-26(25-27(33-28)35-36-34-25)30-21-8-6-7-9-24(21)40(37,38)17(3)4/h6-9,14-17,19,26,29-30H,10-13H2,1-5H3,(H3,31,32,33,34,35,36). The smallest absolute Gasteiger partial charge is 0.204 e. The molecule has 2 aromatic carbocycles. The number of benzene rings is 2. The summed E-state index contributed by atoms with van der Waals surface area (Å²) in [4.78, 5) is 5.04. The Morgan fingerprint density at radius 2 is 1.77 bits per heavy atom. The van der Waals surface area contributed by atoms with Crippen molar-refractivity contribution in [2.75, 3.05) is 29.0 Å². The molecule has 12 heteroatoms. The summed E-state index contributed by atoms with van der Waals surface area (Å²) in [6.45, 7) is 11.5. The van der Waals surface area contributed by atoms with Crippen molar-refractivity contribution in [2.24, 2.45) is 4.99 Å². The van der Waals surface area contributed by atoms with Crippen LogP contribution in [0.2, 0.25) is 0 Å². The van der Waals surface area contributed by atoms with Gasteiger partial charge in [0.2, 0.25) is 5.96 Å². The lowest BCUT2D eigenvalue weighted by Gasteiger charge is -2.27. The molecule has 214 valence electrons. The molecule has 3 aromatic rings. The third-order valence-electron chi connectivity index (χ3n) is 7.20. The lowest BCUT2D eigenvalue weighted by Crippen LogP contribution is -2.30. The molecular formula is C28H38N8O3S. The van der Waals surface area contributed by atoms with E-state index in [2.05, 4.69) is 55.7 Å². The maximum absolute atomic E-state index is 13.0. The number of nitrogens with one attached hydrogen (secondary N) is 5. The molecule has 1 aromatic heterocycles. The average molecular weight is 567 g/mol. The van der Waals surface area contributed by atoms with Crippen LogP contribution in [0.1, 0.15) is 69.4 Å². The number of piperidine rings is 1. The van der Waals surface area contributed by atoms with Crippen LogP contribution < -0.4 is 26.0 Å². The summed E-state index contributed by atoms with van der Waals surface area (Å²) < 4.78 is 32.3. The molecule has 5 N–H and O–H groups in total. The molecule has 40 heavy (non-hydrogen) atoms. The molecule has 1 atom stereocenters. The SMILES string of the molecule is Cc1cc(NC2=NC(Nc3ccccc3S(=O)(=O)C(C)C)c3n[nH]nc3N2)c(OC(C)C)cc1C1CCNCC1. The van der Waals surface area contributed by atoms with Gasteiger partial charge in [0.15, 0.2) is 27.5 Å². The second-order valence-electron chi connectivity index (χ2n) is 10.8. The zero-order valence-corrected chi connectivity index (χ0v) is 24.4. The van der Waals surface area contributed by atoms with Gasteiger partial charge in [-0.3, -0.25) is 0 Å². The van der Waals surface area contributed by atoms with Gasteiger partial charge in [-0.2, -0.15) is 10.3 Å². The normalized spacial score (nSPS) is 17.8. The van der Waals surface area contributed by atoms with Crippen molar-refractivity contribution in [1.82, 2.24) is 20.7 Å². The van der Waals surface area contributed by atoms with E-state index < -0.39 is 21.3 Å². The second kappa shape index (κ2) is 11.5. The number of aliphatic imine (C=N–C) groups is 1. The van der Waals surface area contributed by atoms with E-state index in [4.69, 9.17) is 9.73 Å². The molecule has 0 radical (unpaired) electrons. The van der Waals surface area contributed by atoms with Crippen LogP contribution in [0.5, 0.6) is 5.75 Å². The lowest BCUT2D eigenvalue weighted by molar-refractivity contribution is 0.243. The third-order valence-corrected chi connectivity index (χ3v) is 9.41. The van der Waals surface area contributed by atoms with Gasteiger partial charge in [0.25, 0.3) is 0 Å². The van der Waals surface area contributed by atoms with Crippen LogP contribution in [-0.4, -0.2) is 54.2 Å².